The Morgan fingerprint density at radius 2 is 2.05 bits per heavy atom. The van der Waals surface area contributed by atoms with Crippen LogP contribution >= 0.6 is 15.9 Å². The average molecular weight is 342 g/mol. The molecule has 1 atom stereocenters. The molecule has 5 nitrogen and oxygen atoms in total. The molecule has 6 heteroatoms. The summed E-state index contributed by atoms with van der Waals surface area (Å²) >= 11 is 3.41. The number of nitrogens with zero attached hydrogens (tertiary/aromatic N) is 1. The summed E-state index contributed by atoms with van der Waals surface area (Å²) in [5.74, 6) is -0.327. The highest BCUT2D eigenvalue weighted by atomic mass is 79.9. The number of benzene rings is 1. The molecule has 0 aliphatic heterocycles. The van der Waals surface area contributed by atoms with Gasteiger partial charge in [-0.05, 0) is 30.7 Å². The Balaban J connectivity index is 2.61. The molecule has 0 aliphatic rings. The SMILES string of the molecule is CNC(=O)C(C)CN(C)C(=O)Nc1ccc(Br)c(C)c1. The van der Waals surface area contributed by atoms with Crippen LogP contribution in [0.4, 0.5) is 10.5 Å². The molecule has 1 aromatic rings. The van der Waals surface area contributed by atoms with Crippen LogP contribution in [0.1, 0.15) is 12.5 Å². The number of hydrogen-bond donors (Lipinski definition) is 2. The largest absolute Gasteiger partial charge is 0.359 e. The molecular formula is C14H20BrN3O2. The van der Waals surface area contributed by atoms with E-state index in [1.54, 1.807) is 21.0 Å². The topological polar surface area (TPSA) is 61.4 Å². The standard InChI is InChI=1S/C14H20BrN3O2/c1-9-7-11(5-6-12(9)15)17-14(20)18(4)8-10(2)13(19)16-3/h5-7,10H,8H2,1-4H3,(H,16,19)(H,17,20). The van der Waals surface area contributed by atoms with Gasteiger partial charge in [-0.2, -0.15) is 0 Å². The van der Waals surface area contributed by atoms with Crippen LogP contribution in [-0.4, -0.2) is 37.5 Å². The van der Waals surface area contributed by atoms with E-state index >= 15 is 0 Å². The van der Waals surface area contributed by atoms with Crippen LogP contribution in [0.3, 0.4) is 0 Å². The molecule has 110 valence electrons. The molecule has 0 saturated heterocycles. The first-order valence-electron chi connectivity index (χ1n) is 6.35. The number of anilines is 1. The van der Waals surface area contributed by atoms with Gasteiger partial charge in [-0.25, -0.2) is 4.79 Å². The number of carbonyl (C=O) groups excluding carboxylic acids is 2. The zero-order valence-electron chi connectivity index (χ0n) is 12.2. The van der Waals surface area contributed by atoms with E-state index in [9.17, 15) is 9.59 Å². The van der Waals surface area contributed by atoms with Crippen LogP contribution in [0.15, 0.2) is 22.7 Å². The summed E-state index contributed by atoms with van der Waals surface area (Å²) in [5.41, 5.74) is 1.78. The van der Waals surface area contributed by atoms with Gasteiger partial charge in [-0.3, -0.25) is 4.79 Å². The van der Waals surface area contributed by atoms with Gasteiger partial charge in [0.1, 0.15) is 0 Å². The number of halogens is 1. The fourth-order valence-electron chi connectivity index (χ4n) is 1.76. The minimum atomic E-state index is -0.248. The summed E-state index contributed by atoms with van der Waals surface area (Å²) in [6, 6.07) is 5.36. The number of amides is 3. The summed E-state index contributed by atoms with van der Waals surface area (Å²) in [6.45, 7) is 4.10. The van der Waals surface area contributed by atoms with Crippen LogP contribution in [0, 0.1) is 12.8 Å². The first kappa shape index (κ1) is 16.5. The second kappa shape index (κ2) is 7.28. The van der Waals surface area contributed by atoms with Crippen molar-refractivity contribution in [1.29, 1.82) is 0 Å². The molecule has 0 bridgehead atoms. The lowest BCUT2D eigenvalue weighted by Gasteiger charge is -2.21. The molecule has 0 radical (unpaired) electrons. The van der Waals surface area contributed by atoms with Crippen molar-refractivity contribution in [3.05, 3.63) is 28.2 Å². The van der Waals surface area contributed by atoms with Crippen molar-refractivity contribution in [3.8, 4) is 0 Å². The minimum Gasteiger partial charge on any atom is -0.359 e. The second-order valence-corrected chi connectivity index (χ2v) is 5.64. The third-order valence-electron chi connectivity index (χ3n) is 3.00. The predicted octanol–water partition coefficient (Wildman–Crippen LogP) is 2.60. The highest BCUT2D eigenvalue weighted by Crippen LogP contribution is 2.20. The molecule has 0 fully saturated rings. The van der Waals surface area contributed by atoms with Crippen LogP contribution in [0.5, 0.6) is 0 Å². The van der Waals surface area contributed by atoms with Gasteiger partial charge in [-0.1, -0.05) is 22.9 Å². The van der Waals surface area contributed by atoms with Crippen LogP contribution in [0.2, 0.25) is 0 Å². The lowest BCUT2D eigenvalue weighted by atomic mass is 10.1. The molecule has 0 heterocycles. The normalized spacial score (nSPS) is 11.7. The van der Waals surface area contributed by atoms with E-state index in [1.807, 2.05) is 25.1 Å². The van der Waals surface area contributed by atoms with Gasteiger partial charge in [-0.15, -0.1) is 0 Å². The minimum absolute atomic E-state index is 0.0795. The molecule has 0 aliphatic carbocycles. The summed E-state index contributed by atoms with van der Waals surface area (Å²) in [6.07, 6.45) is 0. The fourth-order valence-corrected chi connectivity index (χ4v) is 2.01. The Kier molecular flexibility index (Phi) is 6.01. The number of nitrogens with one attached hydrogen (secondary N) is 2. The van der Waals surface area contributed by atoms with Gasteiger partial charge in [0, 0.05) is 30.8 Å². The third kappa shape index (κ3) is 4.52. The summed E-state index contributed by atoms with van der Waals surface area (Å²) < 4.78 is 0.997. The van der Waals surface area contributed by atoms with Crippen molar-refractivity contribution in [2.75, 3.05) is 26.0 Å². The average Bonchev–Trinajstić information content (AvgIpc) is 2.41. The van der Waals surface area contributed by atoms with Crippen molar-refractivity contribution in [1.82, 2.24) is 10.2 Å². The zero-order valence-corrected chi connectivity index (χ0v) is 13.7. The molecule has 0 aromatic heterocycles. The van der Waals surface area contributed by atoms with Crippen molar-refractivity contribution >= 4 is 33.6 Å². The zero-order chi connectivity index (χ0) is 15.3. The van der Waals surface area contributed by atoms with Crippen molar-refractivity contribution in [3.63, 3.8) is 0 Å². The molecule has 1 rings (SSSR count). The Morgan fingerprint density at radius 3 is 2.60 bits per heavy atom. The Hall–Kier alpha value is -1.56. The highest BCUT2D eigenvalue weighted by Gasteiger charge is 2.17. The number of aryl methyl sites for hydroxylation is 1. The molecule has 3 amide bonds. The molecule has 1 aromatic carbocycles. The second-order valence-electron chi connectivity index (χ2n) is 4.79. The first-order chi connectivity index (χ1) is 9.35. The summed E-state index contributed by atoms with van der Waals surface area (Å²) in [5, 5.41) is 5.38. The Labute approximate surface area is 127 Å². The fraction of sp³-hybridized carbons (Fsp3) is 0.429. The van der Waals surface area contributed by atoms with Gasteiger partial charge >= 0.3 is 6.03 Å². The van der Waals surface area contributed by atoms with Crippen LogP contribution < -0.4 is 10.6 Å². The molecular weight excluding hydrogens is 322 g/mol. The van der Waals surface area contributed by atoms with Crippen molar-refractivity contribution < 1.29 is 9.59 Å². The van der Waals surface area contributed by atoms with E-state index in [0.29, 0.717) is 6.54 Å². The van der Waals surface area contributed by atoms with E-state index in [0.717, 1.165) is 15.7 Å². The lowest BCUT2D eigenvalue weighted by molar-refractivity contribution is -0.124. The smallest absolute Gasteiger partial charge is 0.321 e. The molecule has 2 N–H and O–H groups in total. The lowest BCUT2D eigenvalue weighted by Crippen LogP contribution is -2.39. The Bertz CT molecular complexity index is 505. The van der Waals surface area contributed by atoms with Crippen molar-refractivity contribution in [2.24, 2.45) is 5.92 Å². The van der Waals surface area contributed by atoms with E-state index in [2.05, 4.69) is 26.6 Å². The quantitative estimate of drug-likeness (QED) is 0.884. The monoisotopic (exact) mass is 341 g/mol. The summed E-state index contributed by atoms with van der Waals surface area (Å²) in [4.78, 5) is 25.0. The van der Waals surface area contributed by atoms with Gasteiger partial charge in [0.25, 0.3) is 0 Å². The number of hydrogen-bond acceptors (Lipinski definition) is 2. The number of urea groups is 1. The number of rotatable bonds is 4. The first-order valence-corrected chi connectivity index (χ1v) is 7.14. The predicted molar refractivity (Wildman–Crippen MR) is 83.8 cm³/mol. The number of carbonyl (C=O) groups is 2. The van der Waals surface area contributed by atoms with E-state index in [1.165, 1.54) is 4.90 Å². The van der Waals surface area contributed by atoms with Crippen LogP contribution in [-0.2, 0) is 4.79 Å². The van der Waals surface area contributed by atoms with Gasteiger partial charge < -0.3 is 15.5 Å². The third-order valence-corrected chi connectivity index (χ3v) is 3.89. The molecule has 0 spiro atoms. The van der Waals surface area contributed by atoms with E-state index < -0.39 is 0 Å². The van der Waals surface area contributed by atoms with Crippen LogP contribution in [0.25, 0.3) is 0 Å². The van der Waals surface area contributed by atoms with E-state index in [4.69, 9.17) is 0 Å². The maximum atomic E-state index is 12.0. The summed E-state index contributed by atoms with van der Waals surface area (Å²) in [7, 11) is 3.25. The van der Waals surface area contributed by atoms with Gasteiger partial charge in [0.15, 0.2) is 0 Å². The molecule has 0 saturated carbocycles. The maximum Gasteiger partial charge on any atom is 0.321 e. The maximum absolute atomic E-state index is 12.0. The van der Waals surface area contributed by atoms with Crippen molar-refractivity contribution in [2.45, 2.75) is 13.8 Å². The Morgan fingerprint density at radius 1 is 1.40 bits per heavy atom. The molecule has 1 unspecified atom stereocenters. The van der Waals surface area contributed by atoms with Gasteiger partial charge in [0.05, 0.1) is 5.92 Å². The van der Waals surface area contributed by atoms with Gasteiger partial charge in [0.2, 0.25) is 5.91 Å². The van der Waals surface area contributed by atoms with E-state index in [-0.39, 0.29) is 17.9 Å². The molecule has 20 heavy (non-hydrogen) atoms. The highest BCUT2D eigenvalue weighted by molar-refractivity contribution is 9.10.